The zero-order chi connectivity index (χ0) is 28.4. The average molecular weight is 543 g/mol. The lowest BCUT2D eigenvalue weighted by Crippen LogP contribution is -2.12. The minimum absolute atomic E-state index is 0.124. The third-order valence-corrected chi connectivity index (χ3v) is 6.87. The molecule has 3 rings (SSSR count). The van der Waals surface area contributed by atoms with Crippen LogP contribution in [0, 0.1) is 29.6 Å². The predicted octanol–water partition coefficient (Wildman–Crippen LogP) is 5.58. The van der Waals surface area contributed by atoms with Gasteiger partial charge in [0.05, 0.1) is 36.0 Å². The first-order chi connectivity index (χ1) is 18.8. The van der Waals surface area contributed by atoms with Crippen molar-refractivity contribution in [2.75, 3.05) is 13.2 Å². The average Bonchev–Trinajstić information content (AvgIpc) is 3.26. The Labute approximate surface area is 230 Å². The van der Waals surface area contributed by atoms with Gasteiger partial charge >= 0.3 is 11.9 Å². The summed E-state index contributed by atoms with van der Waals surface area (Å²) in [7, 11) is 0. The number of thiophene rings is 1. The largest absolute Gasteiger partial charge is 0.488 e. The third-order valence-electron chi connectivity index (χ3n) is 5.60. The minimum atomic E-state index is -0.645. The van der Waals surface area contributed by atoms with Crippen LogP contribution >= 0.6 is 11.3 Å². The van der Waals surface area contributed by atoms with Crippen LogP contribution in [0.3, 0.4) is 0 Å². The molecule has 198 valence electrons. The van der Waals surface area contributed by atoms with Crippen molar-refractivity contribution in [3.05, 3.63) is 91.7 Å². The molecular formula is C30H26N2O6S. The molecule has 3 aromatic rings. The van der Waals surface area contributed by atoms with Gasteiger partial charge in [0.2, 0.25) is 0 Å². The molecule has 0 saturated carbocycles. The molecule has 0 N–H and O–H groups in total. The number of para-hydroxylation sites is 1. The maximum absolute atomic E-state index is 13.2. The lowest BCUT2D eigenvalue weighted by atomic mass is 10.0. The first-order valence-corrected chi connectivity index (χ1v) is 13.0. The van der Waals surface area contributed by atoms with Gasteiger partial charge in [-0.25, -0.2) is 9.59 Å². The highest BCUT2D eigenvalue weighted by Gasteiger charge is 2.28. The molecule has 0 aliphatic rings. The number of nitrogens with zero attached hydrogens (tertiary/aromatic N) is 2. The molecule has 0 aliphatic heterocycles. The molecule has 1 aromatic heterocycles. The van der Waals surface area contributed by atoms with Gasteiger partial charge in [0.25, 0.3) is 0 Å². The molecule has 9 heteroatoms. The van der Waals surface area contributed by atoms with E-state index in [2.05, 4.69) is 6.07 Å². The Hall–Kier alpha value is -4.73. The second kappa shape index (κ2) is 13.7. The van der Waals surface area contributed by atoms with Crippen molar-refractivity contribution in [1.82, 2.24) is 0 Å². The number of nitriles is 2. The van der Waals surface area contributed by atoms with E-state index in [1.807, 2.05) is 6.07 Å². The van der Waals surface area contributed by atoms with E-state index in [4.69, 9.17) is 19.5 Å². The van der Waals surface area contributed by atoms with Crippen molar-refractivity contribution >= 4 is 35.1 Å². The molecule has 0 radical (unpaired) electrons. The van der Waals surface area contributed by atoms with Crippen molar-refractivity contribution in [2.24, 2.45) is 0 Å². The Morgan fingerprint density at radius 3 is 2.26 bits per heavy atom. The van der Waals surface area contributed by atoms with Crippen molar-refractivity contribution in [3.8, 4) is 17.9 Å². The van der Waals surface area contributed by atoms with E-state index in [1.165, 1.54) is 6.08 Å². The molecule has 0 fully saturated rings. The SMILES string of the molecule is CCOC(=O)c1sc(CC(=O)C(C#N)=Cc2ccccc2OCc2ccc(C#N)cc2)c(C(=O)OCC)c1C. The van der Waals surface area contributed by atoms with Crippen LogP contribution in [0.1, 0.15) is 61.0 Å². The summed E-state index contributed by atoms with van der Waals surface area (Å²) >= 11 is 0.985. The van der Waals surface area contributed by atoms with Crippen LogP contribution in [0.25, 0.3) is 6.08 Å². The number of carbonyl (C=O) groups is 3. The summed E-state index contributed by atoms with van der Waals surface area (Å²) in [6.07, 6.45) is 1.17. The molecular weight excluding hydrogens is 516 g/mol. The number of Topliss-reactive ketones (excluding diaryl/α,β-unsaturated/α-hetero) is 1. The molecule has 0 atom stereocenters. The van der Waals surface area contributed by atoms with Crippen LogP contribution < -0.4 is 4.74 Å². The second-order valence-electron chi connectivity index (χ2n) is 8.20. The van der Waals surface area contributed by atoms with E-state index >= 15 is 0 Å². The Morgan fingerprint density at radius 1 is 0.949 bits per heavy atom. The first-order valence-electron chi connectivity index (χ1n) is 12.1. The fourth-order valence-electron chi connectivity index (χ4n) is 3.70. The van der Waals surface area contributed by atoms with Crippen molar-refractivity contribution in [2.45, 2.75) is 33.8 Å². The molecule has 0 bridgehead atoms. The summed E-state index contributed by atoms with van der Waals surface area (Å²) in [6.45, 7) is 5.44. The molecule has 0 spiro atoms. The lowest BCUT2D eigenvalue weighted by Gasteiger charge is -2.10. The number of hydrogen-bond acceptors (Lipinski definition) is 9. The van der Waals surface area contributed by atoms with Gasteiger partial charge < -0.3 is 14.2 Å². The Bertz CT molecular complexity index is 1490. The standard InChI is InChI=1S/C30H26N2O6S/c1-4-36-29(34)27-19(3)28(30(35)37-5-2)39-26(27)15-24(33)23(17-32)14-22-8-6-7-9-25(22)38-18-21-12-10-20(16-31)11-13-21/h6-14H,4-5,15,18H2,1-3H3. The smallest absolute Gasteiger partial charge is 0.348 e. The number of ketones is 1. The summed E-state index contributed by atoms with van der Waals surface area (Å²) in [5.41, 5.74) is 2.30. The number of esters is 2. The molecule has 2 aromatic carbocycles. The quantitative estimate of drug-likeness (QED) is 0.175. The van der Waals surface area contributed by atoms with Crippen LogP contribution in [-0.2, 0) is 27.3 Å². The van der Waals surface area contributed by atoms with Gasteiger partial charge in [-0.15, -0.1) is 11.3 Å². The molecule has 8 nitrogen and oxygen atoms in total. The second-order valence-corrected chi connectivity index (χ2v) is 9.31. The highest BCUT2D eigenvalue weighted by atomic mass is 32.1. The molecule has 0 unspecified atom stereocenters. The predicted molar refractivity (Wildman–Crippen MR) is 145 cm³/mol. The zero-order valence-electron chi connectivity index (χ0n) is 21.8. The van der Waals surface area contributed by atoms with Crippen molar-refractivity contribution in [3.63, 3.8) is 0 Å². The van der Waals surface area contributed by atoms with Crippen LogP contribution in [0.2, 0.25) is 0 Å². The van der Waals surface area contributed by atoms with Gasteiger partial charge in [-0.2, -0.15) is 10.5 Å². The van der Waals surface area contributed by atoms with Gasteiger partial charge in [0.1, 0.15) is 23.3 Å². The number of rotatable bonds is 11. The normalized spacial score (nSPS) is 10.7. The van der Waals surface area contributed by atoms with Gasteiger partial charge in [-0.05, 0) is 56.2 Å². The number of carbonyl (C=O) groups excluding carboxylic acids is 3. The van der Waals surface area contributed by atoms with Gasteiger partial charge in [-0.1, -0.05) is 30.3 Å². The van der Waals surface area contributed by atoms with Crippen LogP contribution in [-0.4, -0.2) is 30.9 Å². The fourth-order valence-corrected chi connectivity index (χ4v) is 4.88. The molecule has 0 amide bonds. The number of ether oxygens (including phenoxy) is 3. The van der Waals surface area contributed by atoms with Gasteiger partial charge in [0.15, 0.2) is 5.78 Å². The third kappa shape index (κ3) is 7.19. The van der Waals surface area contributed by atoms with E-state index in [0.29, 0.717) is 27.3 Å². The van der Waals surface area contributed by atoms with E-state index in [0.717, 1.165) is 16.9 Å². The Kier molecular flexibility index (Phi) is 10.1. The zero-order valence-corrected chi connectivity index (χ0v) is 22.6. The van der Waals surface area contributed by atoms with Crippen LogP contribution in [0.15, 0.2) is 54.1 Å². The lowest BCUT2D eigenvalue weighted by molar-refractivity contribution is -0.114. The Morgan fingerprint density at radius 2 is 1.62 bits per heavy atom. The number of allylic oxidation sites excluding steroid dienone is 1. The van der Waals surface area contributed by atoms with Gasteiger partial charge in [-0.3, -0.25) is 4.79 Å². The number of hydrogen-bond donors (Lipinski definition) is 0. The van der Waals surface area contributed by atoms with E-state index in [-0.39, 0.29) is 42.3 Å². The first kappa shape index (κ1) is 28.8. The molecule has 0 saturated heterocycles. The maximum Gasteiger partial charge on any atom is 0.348 e. The highest BCUT2D eigenvalue weighted by molar-refractivity contribution is 7.14. The summed E-state index contributed by atoms with van der Waals surface area (Å²) < 4.78 is 16.2. The van der Waals surface area contributed by atoms with Crippen LogP contribution in [0.5, 0.6) is 5.75 Å². The minimum Gasteiger partial charge on any atom is -0.488 e. The van der Waals surface area contributed by atoms with Crippen LogP contribution in [0.4, 0.5) is 0 Å². The maximum atomic E-state index is 13.2. The summed E-state index contributed by atoms with van der Waals surface area (Å²) in [5, 5.41) is 18.8. The number of benzene rings is 2. The summed E-state index contributed by atoms with van der Waals surface area (Å²) in [4.78, 5) is 38.9. The summed E-state index contributed by atoms with van der Waals surface area (Å²) in [6, 6.07) is 18.0. The summed E-state index contributed by atoms with van der Waals surface area (Å²) in [5.74, 6) is -1.30. The highest BCUT2D eigenvalue weighted by Crippen LogP contribution is 2.31. The topological polar surface area (TPSA) is 126 Å². The molecule has 0 aliphatic carbocycles. The van der Waals surface area contributed by atoms with E-state index < -0.39 is 17.7 Å². The van der Waals surface area contributed by atoms with E-state index in [9.17, 15) is 19.6 Å². The monoisotopic (exact) mass is 542 g/mol. The Balaban J connectivity index is 1.88. The van der Waals surface area contributed by atoms with Crippen molar-refractivity contribution < 1.29 is 28.6 Å². The molecule has 1 heterocycles. The molecule has 39 heavy (non-hydrogen) atoms. The van der Waals surface area contributed by atoms with Gasteiger partial charge in [0, 0.05) is 16.9 Å². The fraction of sp³-hybridized carbons (Fsp3) is 0.233. The van der Waals surface area contributed by atoms with E-state index in [1.54, 1.807) is 69.3 Å². The van der Waals surface area contributed by atoms with Crippen molar-refractivity contribution in [1.29, 1.82) is 10.5 Å².